The zero-order chi connectivity index (χ0) is 13.4. The summed E-state index contributed by atoms with van der Waals surface area (Å²) >= 11 is 0. The largest absolute Gasteiger partial charge is 0.388 e. The van der Waals surface area contributed by atoms with E-state index in [1.807, 2.05) is 0 Å². The number of aromatic nitrogens is 2. The van der Waals surface area contributed by atoms with Crippen molar-refractivity contribution < 1.29 is 5.11 Å². The first kappa shape index (κ1) is 12.2. The van der Waals surface area contributed by atoms with Crippen LogP contribution in [0.25, 0.3) is 0 Å². The number of anilines is 1. The van der Waals surface area contributed by atoms with Crippen LogP contribution < -0.4 is 5.73 Å². The summed E-state index contributed by atoms with van der Waals surface area (Å²) in [6, 6.07) is 6.52. The number of hydrogen-bond donors (Lipinski definition) is 2. The van der Waals surface area contributed by atoms with Gasteiger partial charge in [-0.1, -0.05) is 18.2 Å². The molecule has 1 heterocycles. The monoisotopic (exact) mass is 257 g/mol. The van der Waals surface area contributed by atoms with Crippen LogP contribution in [-0.2, 0) is 26.3 Å². The van der Waals surface area contributed by atoms with E-state index in [1.54, 1.807) is 17.9 Å². The fraction of sp³-hybridized carbons (Fsp3) is 0.400. The lowest BCUT2D eigenvalue weighted by atomic mass is 9.99. The first-order chi connectivity index (χ1) is 9.15. The zero-order valence-corrected chi connectivity index (χ0v) is 11.1. The molecule has 1 aliphatic rings. The molecule has 0 radical (unpaired) electrons. The molecule has 100 valence electrons. The maximum absolute atomic E-state index is 10.3. The average molecular weight is 257 g/mol. The van der Waals surface area contributed by atoms with Crippen molar-refractivity contribution in [2.24, 2.45) is 7.05 Å². The minimum Gasteiger partial charge on any atom is -0.388 e. The van der Waals surface area contributed by atoms with Gasteiger partial charge >= 0.3 is 0 Å². The van der Waals surface area contributed by atoms with Gasteiger partial charge in [0.1, 0.15) is 5.82 Å². The quantitative estimate of drug-likeness (QED) is 0.880. The highest BCUT2D eigenvalue weighted by Gasteiger charge is 2.17. The van der Waals surface area contributed by atoms with Gasteiger partial charge in [0.05, 0.1) is 12.3 Å². The predicted molar refractivity (Wildman–Crippen MR) is 74.8 cm³/mol. The molecule has 1 unspecified atom stereocenters. The van der Waals surface area contributed by atoms with E-state index >= 15 is 0 Å². The minimum absolute atomic E-state index is 0.536. The Balaban J connectivity index is 1.79. The van der Waals surface area contributed by atoms with Crippen LogP contribution in [0.3, 0.4) is 0 Å². The maximum Gasteiger partial charge on any atom is 0.127 e. The molecule has 3 rings (SSSR count). The number of benzene rings is 1. The molecule has 2 aromatic rings. The van der Waals surface area contributed by atoms with Gasteiger partial charge in [-0.15, -0.1) is 0 Å². The molecular formula is C15H19N3O. The SMILES string of the molecule is Cn1ncc(C(O)Cc2ccc3c(c2)CCC3)c1N. The molecule has 0 spiro atoms. The van der Waals surface area contributed by atoms with Crippen molar-refractivity contribution in [1.82, 2.24) is 9.78 Å². The van der Waals surface area contributed by atoms with Crippen molar-refractivity contribution in [3.63, 3.8) is 0 Å². The van der Waals surface area contributed by atoms with E-state index in [4.69, 9.17) is 5.73 Å². The summed E-state index contributed by atoms with van der Waals surface area (Å²) in [5.74, 6) is 0.536. The van der Waals surface area contributed by atoms with Crippen LogP contribution >= 0.6 is 0 Å². The number of hydrogen-bond acceptors (Lipinski definition) is 3. The summed E-state index contributed by atoms with van der Waals surface area (Å²) < 4.78 is 1.58. The van der Waals surface area contributed by atoms with E-state index < -0.39 is 6.10 Å². The third-order valence-corrected chi connectivity index (χ3v) is 3.97. The van der Waals surface area contributed by atoms with Crippen LogP contribution in [0.4, 0.5) is 5.82 Å². The summed E-state index contributed by atoms with van der Waals surface area (Å²) in [7, 11) is 1.78. The van der Waals surface area contributed by atoms with Crippen LogP contribution in [-0.4, -0.2) is 14.9 Å². The molecule has 0 fully saturated rings. The van der Waals surface area contributed by atoms with Crippen LogP contribution in [0.5, 0.6) is 0 Å². The summed E-state index contributed by atoms with van der Waals surface area (Å²) in [6.45, 7) is 0. The number of fused-ring (bicyclic) bond motifs is 1. The molecule has 1 aliphatic carbocycles. The number of aryl methyl sites for hydroxylation is 3. The highest BCUT2D eigenvalue weighted by molar-refractivity contribution is 5.41. The zero-order valence-electron chi connectivity index (χ0n) is 11.1. The highest BCUT2D eigenvalue weighted by atomic mass is 16.3. The van der Waals surface area contributed by atoms with Crippen molar-refractivity contribution in [2.75, 3.05) is 5.73 Å². The number of aliphatic hydroxyl groups excluding tert-OH is 1. The Kier molecular flexibility index (Phi) is 3.03. The Morgan fingerprint density at radius 3 is 2.89 bits per heavy atom. The van der Waals surface area contributed by atoms with Gasteiger partial charge in [-0.25, -0.2) is 0 Å². The third kappa shape index (κ3) is 2.24. The van der Waals surface area contributed by atoms with Gasteiger partial charge in [0.15, 0.2) is 0 Å². The number of nitrogen functional groups attached to an aromatic ring is 1. The molecule has 4 nitrogen and oxygen atoms in total. The molecule has 0 saturated carbocycles. The lowest BCUT2D eigenvalue weighted by molar-refractivity contribution is 0.179. The van der Waals surface area contributed by atoms with Crippen molar-refractivity contribution in [1.29, 1.82) is 0 Å². The predicted octanol–water partition coefficient (Wildman–Crippen LogP) is 1.77. The molecule has 0 saturated heterocycles. The molecule has 0 bridgehead atoms. The van der Waals surface area contributed by atoms with Crippen LogP contribution in [0.1, 0.15) is 34.8 Å². The number of rotatable bonds is 3. The standard InChI is InChI=1S/C15H19N3O/c1-18-15(16)13(9-17-18)14(19)8-10-5-6-11-3-2-4-12(11)7-10/h5-7,9,14,19H,2-4,8,16H2,1H3. The van der Waals surface area contributed by atoms with Gasteiger partial charge in [0.25, 0.3) is 0 Å². The summed E-state index contributed by atoms with van der Waals surface area (Å²) in [6.07, 6.45) is 5.24. The molecular weight excluding hydrogens is 238 g/mol. The van der Waals surface area contributed by atoms with E-state index in [9.17, 15) is 5.11 Å². The minimum atomic E-state index is -0.590. The first-order valence-electron chi connectivity index (χ1n) is 6.71. The fourth-order valence-electron chi connectivity index (χ4n) is 2.81. The molecule has 3 N–H and O–H groups in total. The van der Waals surface area contributed by atoms with E-state index in [1.165, 1.54) is 24.0 Å². The van der Waals surface area contributed by atoms with Crippen LogP contribution in [0.15, 0.2) is 24.4 Å². The lowest BCUT2D eigenvalue weighted by Crippen LogP contribution is -2.06. The second-order valence-electron chi connectivity index (χ2n) is 5.29. The normalized spacial score (nSPS) is 15.5. The van der Waals surface area contributed by atoms with E-state index in [2.05, 4.69) is 23.3 Å². The number of aliphatic hydroxyl groups is 1. The van der Waals surface area contributed by atoms with Gasteiger partial charge in [0.2, 0.25) is 0 Å². The fourth-order valence-corrected chi connectivity index (χ4v) is 2.81. The van der Waals surface area contributed by atoms with Crippen molar-refractivity contribution in [3.8, 4) is 0 Å². The molecule has 1 atom stereocenters. The number of nitrogens with zero attached hydrogens (tertiary/aromatic N) is 2. The van der Waals surface area contributed by atoms with Crippen molar-refractivity contribution in [3.05, 3.63) is 46.6 Å². The van der Waals surface area contributed by atoms with Gasteiger partial charge in [0, 0.05) is 19.0 Å². The van der Waals surface area contributed by atoms with Crippen LogP contribution in [0.2, 0.25) is 0 Å². The molecule has 1 aromatic carbocycles. The smallest absolute Gasteiger partial charge is 0.127 e. The van der Waals surface area contributed by atoms with E-state index in [-0.39, 0.29) is 0 Å². The summed E-state index contributed by atoms with van der Waals surface area (Å²) in [5.41, 5.74) is 10.7. The Morgan fingerprint density at radius 2 is 2.16 bits per heavy atom. The second kappa shape index (κ2) is 4.70. The molecule has 4 heteroatoms. The Morgan fingerprint density at radius 1 is 1.37 bits per heavy atom. The lowest BCUT2D eigenvalue weighted by Gasteiger charge is -2.11. The highest BCUT2D eigenvalue weighted by Crippen LogP contribution is 2.27. The maximum atomic E-state index is 10.3. The Hall–Kier alpha value is -1.81. The second-order valence-corrected chi connectivity index (χ2v) is 5.29. The topological polar surface area (TPSA) is 64.1 Å². The van der Waals surface area contributed by atoms with Crippen molar-refractivity contribution in [2.45, 2.75) is 31.8 Å². The first-order valence-corrected chi connectivity index (χ1v) is 6.71. The van der Waals surface area contributed by atoms with Gasteiger partial charge in [-0.3, -0.25) is 4.68 Å². The molecule has 0 aliphatic heterocycles. The molecule has 1 aromatic heterocycles. The third-order valence-electron chi connectivity index (χ3n) is 3.97. The van der Waals surface area contributed by atoms with Gasteiger partial charge < -0.3 is 10.8 Å². The Labute approximate surface area is 112 Å². The molecule has 19 heavy (non-hydrogen) atoms. The summed E-state index contributed by atoms with van der Waals surface area (Å²) in [5, 5.41) is 14.4. The Bertz CT molecular complexity index is 603. The average Bonchev–Trinajstić information content (AvgIpc) is 2.97. The van der Waals surface area contributed by atoms with Gasteiger partial charge in [-0.2, -0.15) is 5.10 Å². The van der Waals surface area contributed by atoms with E-state index in [0.717, 1.165) is 12.0 Å². The summed E-state index contributed by atoms with van der Waals surface area (Å²) in [4.78, 5) is 0. The van der Waals surface area contributed by atoms with Crippen LogP contribution in [0, 0.1) is 0 Å². The molecule has 0 amide bonds. The number of nitrogens with two attached hydrogens (primary N) is 1. The van der Waals surface area contributed by atoms with Crippen molar-refractivity contribution >= 4 is 5.82 Å². The van der Waals surface area contributed by atoms with Gasteiger partial charge in [-0.05, 0) is 36.0 Å². The van der Waals surface area contributed by atoms with E-state index in [0.29, 0.717) is 17.8 Å².